The van der Waals surface area contributed by atoms with Crippen LogP contribution in [-0.4, -0.2) is 12.0 Å². The first-order valence-electron chi connectivity index (χ1n) is 6.63. The monoisotopic (exact) mass is 286 g/mol. The number of anilines is 1. The van der Waals surface area contributed by atoms with Crippen LogP contribution in [0.5, 0.6) is 5.75 Å². The van der Waals surface area contributed by atoms with Crippen LogP contribution in [0.4, 0.5) is 11.4 Å². The lowest BCUT2D eigenvalue weighted by Gasteiger charge is -2.10. The summed E-state index contributed by atoms with van der Waals surface area (Å²) < 4.78 is 5.22. The summed E-state index contributed by atoms with van der Waals surface area (Å²) in [6, 6.07) is 11.1. The molecule has 21 heavy (non-hydrogen) atoms. The van der Waals surface area contributed by atoms with Crippen LogP contribution < -0.4 is 10.1 Å². The number of hydrogen-bond donors (Lipinski definition) is 1. The Morgan fingerprint density at radius 3 is 2.52 bits per heavy atom. The quantitative estimate of drug-likeness (QED) is 0.670. The fourth-order valence-corrected chi connectivity index (χ4v) is 2.17. The SMILES string of the molecule is COc1ccc(CNc2ccc(C)c([N+](=O)[O-])c2)cc1C. The van der Waals surface area contributed by atoms with Crippen molar-refractivity contribution in [1.29, 1.82) is 0 Å². The number of benzene rings is 2. The number of nitrogens with one attached hydrogen (secondary N) is 1. The van der Waals surface area contributed by atoms with Gasteiger partial charge >= 0.3 is 0 Å². The van der Waals surface area contributed by atoms with Crippen molar-refractivity contribution < 1.29 is 9.66 Å². The van der Waals surface area contributed by atoms with Gasteiger partial charge in [-0.15, -0.1) is 0 Å². The third-order valence-corrected chi connectivity index (χ3v) is 3.36. The zero-order valence-corrected chi connectivity index (χ0v) is 12.3. The first-order chi connectivity index (χ1) is 10.0. The van der Waals surface area contributed by atoms with E-state index in [-0.39, 0.29) is 10.6 Å². The van der Waals surface area contributed by atoms with Crippen molar-refractivity contribution in [2.75, 3.05) is 12.4 Å². The molecule has 5 heteroatoms. The highest BCUT2D eigenvalue weighted by Gasteiger charge is 2.10. The molecule has 0 aliphatic heterocycles. The molecule has 0 aliphatic rings. The minimum absolute atomic E-state index is 0.130. The summed E-state index contributed by atoms with van der Waals surface area (Å²) in [4.78, 5) is 10.6. The lowest BCUT2D eigenvalue weighted by Crippen LogP contribution is -2.01. The molecule has 0 saturated carbocycles. The van der Waals surface area contributed by atoms with E-state index in [9.17, 15) is 10.1 Å². The van der Waals surface area contributed by atoms with Crippen LogP contribution in [0.1, 0.15) is 16.7 Å². The zero-order chi connectivity index (χ0) is 15.4. The van der Waals surface area contributed by atoms with Crippen molar-refractivity contribution in [3.63, 3.8) is 0 Å². The van der Waals surface area contributed by atoms with Gasteiger partial charge in [0.2, 0.25) is 0 Å². The Labute approximate surface area is 123 Å². The van der Waals surface area contributed by atoms with Gasteiger partial charge in [-0.2, -0.15) is 0 Å². The van der Waals surface area contributed by atoms with Crippen LogP contribution in [-0.2, 0) is 6.54 Å². The van der Waals surface area contributed by atoms with Gasteiger partial charge in [0.25, 0.3) is 5.69 Å². The number of nitrogens with zero attached hydrogens (tertiary/aromatic N) is 1. The molecule has 0 fully saturated rings. The van der Waals surface area contributed by atoms with Crippen molar-refractivity contribution in [3.05, 3.63) is 63.2 Å². The Kier molecular flexibility index (Phi) is 4.42. The summed E-state index contributed by atoms with van der Waals surface area (Å²) in [5.74, 6) is 0.852. The molecule has 0 aliphatic carbocycles. The van der Waals surface area contributed by atoms with E-state index >= 15 is 0 Å². The molecular formula is C16H18N2O3. The molecule has 1 N–H and O–H groups in total. The summed E-state index contributed by atoms with van der Waals surface area (Å²) in [6.45, 7) is 4.32. The van der Waals surface area contributed by atoms with Crippen molar-refractivity contribution >= 4 is 11.4 Å². The summed E-state index contributed by atoms with van der Waals surface area (Å²) in [5, 5.41) is 14.1. The predicted octanol–water partition coefficient (Wildman–Crippen LogP) is 3.83. The third-order valence-electron chi connectivity index (χ3n) is 3.36. The topological polar surface area (TPSA) is 64.4 Å². The van der Waals surface area contributed by atoms with E-state index < -0.39 is 0 Å². The molecular weight excluding hydrogens is 268 g/mol. The van der Waals surface area contributed by atoms with Crippen LogP contribution in [0.25, 0.3) is 0 Å². The molecule has 0 unspecified atom stereocenters. The van der Waals surface area contributed by atoms with E-state index in [0.29, 0.717) is 12.1 Å². The molecule has 0 bridgehead atoms. The maximum absolute atomic E-state index is 10.9. The molecule has 0 aromatic heterocycles. The molecule has 0 amide bonds. The van der Waals surface area contributed by atoms with Crippen LogP contribution in [0.15, 0.2) is 36.4 Å². The minimum Gasteiger partial charge on any atom is -0.496 e. The fourth-order valence-electron chi connectivity index (χ4n) is 2.17. The lowest BCUT2D eigenvalue weighted by molar-refractivity contribution is -0.385. The molecule has 110 valence electrons. The molecule has 2 aromatic carbocycles. The van der Waals surface area contributed by atoms with Crippen LogP contribution in [0.3, 0.4) is 0 Å². The van der Waals surface area contributed by atoms with E-state index in [1.54, 1.807) is 26.2 Å². The van der Waals surface area contributed by atoms with Gasteiger partial charge < -0.3 is 10.1 Å². The smallest absolute Gasteiger partial charge is 0.274 e. The summed E-state index contributed by atoms with van der Waals surface area (Å²) in [5.41, 5.74) is 3.68. The zero-order valence-electron chi connectivity index (χ0n) is 12.3. The second-order valence-electron chi connectivity index (χ2n) is 4.92. The van der Waals surface area contributed by atoms with E-state index in [4.69, 9.17) is 4.74 Å². The largest absolute Gasteiger partial charge is 0.496 e. The minimum atomic E-state index is -0.363. The summed E-state index contributed by atoms with van der Waals surface area (Å²) in [7, 11) is 1.64. The van der Waals surface area contributed by atoms with Gasteiger partial charge in [-0.05, 0) is 37.1 Å². The van der Waals surface area contributed by atoms with Crippen LogP contribution >= 0.6 is 0 Å². The van der Waals surface area contributed by atoms with E-state index in [2.05, 4.69) is 5.32 Å². The number of hydrogen-bond acceptors (Lipinski definition) is 4. The number of ether oxygens (including phenoxy) is 1. The molecule has 0 spiro atoms. The molecule has 0 heterocycles. The van der Waals surface area contributed by atoms with Gasteiger partial charge in [0, 0.05) is 23.9 Å². The summed E-state index contributed by atoms with van der Waals surface area (Å²) >= 11 is 0. The average Bonchev–Trinajstić information content (AvgIpc) is 2.46. The molecule has 2 aromatic rings. The Morgan fingerprint density at radius 1 is 1.14 bits per heavy atom. The maximum Gasteiger partial charge on any atom is 0.274 e. The Hall–Kier alpha value is -2.56. The fraction of sp³-hybridized carbons (Fsp3) is 0.250. The maximum atomic E-state index is 10.9. The first-order valence-corrected chi connectivity index (χ1v) is 6.63. The van der Waals surface area contributed by atoms with Crippen molar-refractivity contribution in [3.8, 4) is 5.75 Å². The number of nitro groups is 1. The third kappa shape index (κ3) is 3.51. The van der Waals surface area contributed by atoms with Crippen LogP contribution in [0, 0.1) is 24.0 Å². The standard InChI is InChI=1S/C16H18N2O3/c1-11-4-6-14(9-15(11)18(19)20)17-10-13-5-7-16(21-3)12(2)8-13/h4-9,17H,10H2,1-3H3. The molecule has 0 saturated heterocycles. The van der Waals surface area contributed by atoms with Gasteiger partial charge in [-0.3, -0.25) is 10.1 Å². The Morgan fingerprint density at radius 2 is 1.90 bits per heavy atom. The van der Waals surface area contributed by atoms with E-state index in [1.807, 2.05) is 31.2 Å². The lowest BCUT2D eigenvalue weighted by atomic mass is 10.1. The van der Waals surface area contributed by atoms with Crippen molar-refractivity contribution in [2.24, 2.45) is 0 Å². The number of methoxy groups -OCH3 is 1. The highest BCUT2D eigenvalue weighted by molar-refractivity contribution is 5.55. The predicted molar refractivity (Wildman–Crippen MR) is 82.9 cm³/mol. The summed E-state index contributed by atoms with van der Waals surface area (Å²) in [6.07, 6.45) is 0. The number of rotatable bonds is 5. The normalized spacial score (nSPS) is 10.2. The van der Waals surface area contributed by atoms with Crippen molar-refractivity contribution in [1.82, 2.24) is 0 Å². The van der Waals surface area contributed by atoms with Gasteiger partial charge in [0.1, 0.15) is 5.75 Å². The second-order valence-corrected chi connectivity index (χ2v) is 4.92. The van der Waals surface area contributed by atoms with Gasteiger partial charge in [-0.1, -0.05) is 18.2 Å². The van der Waals surface area contributed by atoms with Crippen LogP contribution in [0.2, 0.25) is 0 Å². The molecule has 2 rings (SSSR count). The molecule has 0 atom stereocenters. The number of aryl methyl sites for hydroxylation is 2. The molecule has 0 radical (unpaired) electrons. The van der Waals surface area contributed by atoms with Gasteiger partial charge in [0.15, 0.2) is 0 Å². The Bertz CT molecular complexity index is 669. The number of nitro benzene ring substituents is 1. The second kappa shape index (κ2) is 6.26. The highest BCUT2D eigenvalue weighted by Crippen LogP contribution is 2.23. The average molecular weight is 286 g/mol. The highest BCUT2D eigenvalue weighted by atomic mass is 16.6. The van der Waals surface area contributed by atoms with Gasteiger partial charge in [0.05, 0.1) is 12.0 Å². The van der Waals surface area contributed by atoms with Crippen molar-refractivity contribution in [2.45, 2.75) is 20.4 Å². The molecule has 5 nitrogen and oxygen atoms in total. The Balaban J connectivity index is 2.11. The van der Waals surface area contributed by atoms with E-state index in [1.165, 1.54) is 0 Å². The first kappa shape index (κ1) is 14.8. The van der Waals surface area contributed by atoms with E-state index in [0.717, 1.165) is 22.6 Å². The van der Waals surface area contributed by atoms with Gasteiger partial charge in [-0.25, -0.2) is 0 Å².